The van der Waals surface area contributed by atoms with Crippen molar-refractivity contribution in [3.63, 3.8) is 0 Å². The van der Waals surface area contributed by atoms with Crippen molar-refractivity contribution in [1.82, 2.24) is 4.90 Å². The average molecular weight is 460 g/mol. The van der Waals surface area contributed by atoms with Crippen molar-refractivity contribution in [2.24, 2.45) is 0 Å². The largest absolute Gasteiger partial charge is 0.490 e. The molecule has 3 rings (SSSR count). The number of hydrogen-bond acceptors (Lipinski definition) is 5. The summed E-state index contributed by atoms with van der Waals surface area (Å²) in [5.74, 6) is 0.518. The first-order valence-corrected chi connectivity index (χ1v) is 9.82. The summed E-state index contributed by atoms with van der Waals surface area (Å²) >= 11 is 10.9. The van der Waals surface area contributed by atoms with E-state index in [1.54, 1.807) is 31.3 Å². The van der Waals surface area contributed by atoms with Crippen molar-refractivity contribution in [2.75, 3.05) is 32.1 Å². The van der Waals surface area contributed by atoms with Crippen molar-refractivity contribution in [2.45, 2.75) is 6.42 Å². The fourth-order valence-electron chi connectivity index (χ4n) is 2.37. The van der Waals surface area contributed by atoms with Crippen LogP contribution in [0.4, 0.5) is 5.69 Å². The summed E-state index contributed by atoms with van der Waals surface area (Å²) in [5, 5.41) is 3.06. The first kappa shape index (κ1) is 19.0. The second-order valence-electron chi connectivity index (χ2n) is 5.64. The molecule has 1 N–H and O–H groups in total. The van der Waals surface area contributed by atoms with Gasteiger partial charge in [0.25, 0.3) is 5.91 Å². The van der Waals surface area contributed by atoms with Gasteiger partial charge in [0.05, 0.1) is 39.1 Å². The van der Waals surface area contributed by atoms with Crippen molar-refractivity contribution in [3.05, 3.63) is 38.0 Å². The van der Waals surface area contributed by atoms with Crippen LogP contribution in [0.2, 0.25) is 5.02 Å². The van der Waals surface area contributed by atoms with Crippen LogP contribution in [0.1, 0.15) is 16.1 Å². The minimum absolute atomic E-state index is 0.0981. The number of anilines is 1. The summed E-state index contributed by atoms with van der Waals surface area (Å²) in [6.45, 7) is 0.996. The zero-order valence-electron chi connectivity index (χ0n) is 13.9. The van der Waals surface area contributed by atoms with Crippen LogP contribution in [0.5, 0.6) is 11.5 Å². The minimum atomic E-state index is -0.354. The molecule has 0 saturated heterocycles. The van der Waals surface area contributed by atoms with Crippen molar-refractivity contribution in [3.8, 4) is 11.5 Å². The van der Waals surface area contributed by atoms with Gasteiger partial charge in [0.2, 0.25) is 5.91 Å². The Morgan fingerprint density at radius 2 is 1.96 bits per heavy atom. The highest BCUT2D eigenvalue weighted by Gasteiger charge is 2.19. The normalized spacial score (nSPS) is 13.0. The van der Waals surface area contributed by atoms with Crippen molar-refractivity contribution < 1.29 is 19.1 Å². The fraction of sp³-hybridized carbons (Fsp3) is 0.294. The topological polar surface area (TPSA) is 67.9 Å². The lowest BCUT2D eigenvalue weighted by Gasteiger charge is -2.17. The Morgan fingerprint density at radius 1 is 1.27 bits per heavy atom. The van der Waals surface area contributed by atoms with E-state index in [9.17, 15) is 9.59 Å². The summed E-state index contributed by atoms with van der Waals surface area (Å²) in [5.41, 5.74) is 0.417. The van der Waals surface area contributed by atoms with Gasteiger partial charge < -0.3 is 19.7 Å². The molecule has 9 heteroatoms. The van der Waals surface area contributed by atoms with E-state index >= 15 is 0 Å². The van der Waals surface area contributed by atoms with Gasteiger partial charge >= 0.3 is 0 Å². The monoisotopic (exact) mass is 458 g/mol. The zero-order chi connectivity index (χ0) is 18.7. The van der Waals surface area contributed by atoms with E-state index in [1.165, 1.54) is 16.2 Å². The number of fused-ring (bicyclic) bond motifs is 1. The number of benzene rings is 1. The van der Waals surface area contributed by atoms with Crippen LogP contribution in [0.25, 0.3) is 0 Å². The zero-order valence-corrected chi connectivity index (χ0v) is 17.0. The van der Waals surface area contributed by atoms with Gasteiger partial charge in [-0.05, 0) is 28.1 Å². The number of likely N-dealkylation sites (N-methyl/N-ethyl adjacent to an activating group) is 1. The molecule has 0 fully saturated rings. The highest BCUT2D eigenvalue weighted by molar-refractivity contribution is 9.11. The van der Waals surface area contributed by atoms with E-state index in [4.69, 9.17) is 21.1 Å². The van der Waals surface area contributed by atoms with Crippen LogP contribution < -0.4 is 14.8 Å². The molecule has 1 aliphatic rings. The van der Waals surface area contributed by atoms with E-state index in [2.05, 4.69) is 21.2 Å². The Kier molecular flexibility index (Phi) is 6.05. The number of carbonyl (C=O) groups excluding carboxylic acids is 2. The van der Waals surface area contributed by atoms with Gasteiger partial charge in [-0.1, -0.05) is 11.6 Å². The summed E-state index contributed by atoms with van der Waals surface area (Å²) in [4.78, 5) is 26.5. The third-order valence-electron chi connectivity index (χ3n) is 3.62. The standard InChI is InChI=1S/C17H16BrClN2O4S/c1-21(17(23)14-3-4-15(18)26-14)9-16(22)20-11-8-13-12(7-10(11)19)24-5-2-6-25-13/h3-4,7-8H,2,5-6,9H2,1H3,(H,20,22). The Hall–Kier alpha value is -1.77. The van der Waals surface area contributed by atoms with Gasteiger partial charge in [-0.3, -0.25) is 9.59 Å². The molecule has 0 aliphatic carbocycles. The lowest BCUT2D eigenvalue weighted by atomic mass is 10.2. The molecule has 2 heterocycles. The number of halogens is 2. The van der Waals surface area contributed by atoms with Crippen LogP contribution in [0.15, 0.2) is 28.1 Å². The third-order valence-corrected chi connectivity index (χ3v) is 5.55. The Morgan fingerprint density at radius 3 is 2.62 bits per heavy atom. The number of rotatable bonds is 4. The quantitative estimate of drug-likeness (QED) is 0.749. The van der Waals surface area contributed by atoms with Crippen LogP contribution in [0, 0.1) is 0 Å². The Labute approximate surface area is 168 Å². The van der Waals surface area contributed by atoms with Crippen LogP contribution in [0.3, 0.4) is 0 Å². The van der Waals surface area contributed by atoms with E-state index in [1.807, 2.05) is 0 Å². The van der Waals surface area contributed by atoms with E-state index in [-0.39, 0.29) is 18.4 Å². The number of nitrogens with zero attached hydrogens (tertiary/aromatic N) is 1. The molecule has 0 saturated carbocycles. The van der Waals surface area contributed by atoms with E-state index in [0.717, 1.165) is 10.2 Å². The molecule has 0 bridgehead atoms. The lowest BCUT2D eigenvalue weighted by molar-refractivity contribution is -0.116. The predicted molar refractivity (Wildman–Crippen MR) is 105 cm³/mol. The summed E-state index contributed by atoms with van der Waals surface area (Å²) in [7, 11) is 1.57. The van der Waals surface area contributed by atoms with Gasteiger partial charge in [0, 0.05) is 25.6 Å². The highest BCUT2D eigenvalue weighted by atomic mass is 79.9. The first-order chi connectivity index (χ1) is 12.4. The molecule has 1 aromatic heterocycles. The van der Waals surface area contributed by atoms with Crippen LogP contribution >= 0.6 is 38.9 Å². The molecule has 138 valence electrons. The molecule has 6 nitrogen and oxygen atoms in total. The van der Waals surface area contributed by atoms with Crippen LogP contribution in [-0.4, -0.2) is 43.5 Å². The first-order valence-electron chi connectivity index (χ1n) is 7.84. The van der Waals surface area contributed by atoms with Crippen molar-refractivity contribution >= 4 is 56.4 Å². The Bertz CT molecular complexity index is 842. The van der Waals surface area contributed by atoms with E-state index in [0.29, 0.717) is 40.3 Å². The number of nitrogens with one attached hydrogen (secondary N) is 1. The van der Waals surface area contributed by atoms with Gasteiger partial charge in [0.15, 0.2) is 11.5 Å². The second kappa shape index (κ2) is 8.28. The average Bonchev–Trinajstić information content (AvgIpc) is 2.90. The van der Waals surface area contributed by atoms with Gasteiger partial charge in [-0.2, -0.15) is 0 Å². The Balaban J connectivity index is 1.66. The van der Waals surface area contributed by atoms with E-state index < -0.39 is 0 Å². The third kappa shape index (κ3) is 4.49. The molecular formula is C17H16BrClN2O4S. The van der Waals surface area contributed by atoms with Crippen molar-refractivity contribution in [1.29, 1.82) is 0 Å². The minimum Gasteiger partial charge on any atom is -0.490 e. The fourth-order valence-corrected chi connectivity index (χ4v) is 3.96. The molecule has 2 amide bonds. The van der Waals surface area contributed by atoms with Gasteiger partial charge in [-0.25, -0.2) is 0 Å². The van der Waals surface area contributed by atoms with Gasteiger partial charge in [-0.15, -0.1) is 11.3 Å². The SMILES string of the molecule is CN(CC(=O)Nc1cc2c(cc1Cl)OCCCO2)C(=O)c1ccc(Br)s1. The molecule has 2 aromatic rings. The molecule has 0 radical (unpaired) electrons. The molecular weight excluding hydrogens is 444 g/mol. The number of amides is 2. The predicted octanol–water partition coefficient (Wildman–Crippen LogP) is 4.04. The maximum absolute atomic E-state index is 12.3. The number of ether oxygens (including phenoxy) is 2. The maximum atomic E-state index is 12.3. The molecule has 0 unspecified atom stereocenters. The lowest BCUT2D eigenvalue weighted by Crippen LogP contribution is -2.34. The summed E-state index contributed by atoms with van der Waals surface area (Å²) in [6.07, 6.45) is 0.778. The molecule has 0 spiro atoms. The molecule has 0 atom stereocenters. The molecule has 26 heavy (non-hydrogen) atoms. The highest BCUT2D eigenvalue weighted by Crippen LogP contribution is 2.37. The number of hydrogen-bond donors (Lipinski definition) is 1. The summed E-state index contributed by atoms with van der Waals surface area (Å²) in [6, 6.07) is 6.77. The second-order valence-corrected chi connectivity index (χ2v) is 8.51. The van der Waals surface area contributed by atoms with Crippen LogP contribution in [-0.2, 0) is 4.79 Å². The van der Waals surface area contributed by atoms with Gasteiger partial charge in [0.1, 0.15) is 0 Å². The molecule has 1 aromatic carbocycles. The molecule has 1 aliphatic heterocycles. The maximum Gasteiger partial charge on any atom is 0.264 e. The number of thiophene rings is 1. The smallest absolute Gasteiger partial charge is 0.264 e. The number of carbonyl (C=O) groups is 2. The summed E-state index contributed by atoms with van der Waals surface area (Å²) < 4.78 is 12.0.